The quantitative estimate of drug-likeness (QED) is 0.363. The fourth-order valence-corrected chi connectivity index (χ4v) is 8.36. The van der Waals surface area contributed by atoms with Crippen LogP contribution in [-0.2, 0) is 47.0 Å². The smallest absolute Gasteiger partial charge is 0.410 e. The van der Waals surface area contributed by atoms with E-state index >= 15 is 0 Å². The summed E-state index contributed by atoms with van der Waals surface area (Å²) in [5.74, 6) is -2.31. The second-order valence-electron chi connectivity index (χ2n) is 15.5. The molecule has 6 rings (SSSR count). The Morgan fingerprint density at radius 2 is 1.65 bits per heavy atom. The maximum absolute atomic E-state index is 14.4. The third-order valence-electron chi connectivity index (χ3n) is 10.3. The number of allylic oxidation sites excluding steroid dienone is 1. The van der Waals surface area contributed by atoms with E-state index in [1.54, 1.807) is 25.7 Å². The topological polar surface area (TPSA) is 190 Å². The zero-order valence-corrected chi connectivity index (χ0v) is 32.4. The number of benzene rings is 2. The number of hydrogen-bond donors (Lipinski definition) is 3. The molecule has 0 radical (unpaired) electrons. The molecule has 5 amide bonds. The van der Waals surface area contributed by atoms with Gasteiger partial charge in [0.25, 0.3) is 15.9 Å². The summed E-state index contributed by atoms with van der Waals surface area (Å²) in [7, 11) is -2.90. The van der Waals surface area contributed by atoms with Crippen molar-refractivity contribution in [3.63, 3.8) is 0 Å². The second-order valence-corrected chi connectivity index (χ2v) is 17.2. The van der Waals surface area contributed by atoms with Crippen molar-refractivity contribution in [2.24, 2.45) is 5.92 Å². The summed E-state index contributed by atoms with van der Waals surface area (Å²) in [6.07, 6.45) is 4.41. The molecule has 1 aliphatic carbocycles. The van der Waals surface area contributed by atoms with Gasteiger partial charge >= 0.3 is 12.2 Å². The standard InChI is InChI=1S/C39H49N5O10S/c1-38(2,3)54-36(48)40-31-15-9-7-5-6-8-14-27-21-39(27,35(47)42-55(50,51)30-18-16-28(52-4)17-19-30)41-33(45)32-20-29(24-44(32)34(31)46)53-37(49)43-22-25-12-10-11-13-26(25)23-43/h8,10-14,16-19,27,29,31-32H,5-7,9,15,20-24H2,1-4H3,(H,40,48)(H,41,45)(H,42,47)/t27-,29-,31+,32+,39-/m1/s1. The molecule has 296 valence electrons. The van der Waals surface area contributed by atoms with Crippen LogP contribution in [0.15, 0.2) is 65.6 Å². The molecule has 2 aromatic carbocycles. The molecule has 3 aliphatic heterocycles. The van der Waals surface area contributed by atoms with Crippen LogP contribution >= 0.6 is 0 Å². The van der Waals surface area contributed by atoms with E-state index in [0.717, 1.165) is 24.0 Å². The summed E-state index contributed by atoms with van der Waals surface area (Å²) < 4.78 is 45.3. The first-order valence-electron chi connectivity index (χ1n) is 18.6. The highest BCUT2D eigenvalue weighted by atomic mass is 32.2. The van der Waals surface area contributed by atoms with Crippen molar-refractivity contribution < 1.29 is 46.6 Å². The lowest BCUT2D eigenvalue weighted by Gasteiger charge is -2.30. The zero-order chi connectivity index (χ0) is 39.5. The number of amides is 5. The molecule has 0 unspecified atom stereocenters. The van der Waals surface area contributed by atoms with E-state index in [4.69, 9.17) is 14.2 Å². The highest BCUT2D eigenvalue weighted by molar-refractivity contribution is 7.90. The largest absolute Gasteiger partial charge is 0.497 e. The zero-order valence-electron chi connectivity index (χ0n) is 31.5. The SMILES string of the molecule is COc1ccc(S(=O)(=O)NC(=O)[C@@]23C[C@H]2C=CCCCCC[C@H](NC(=O)OC(C)(C)C)C(=O)N2C[C@H](OC(=O)N4Cc5ccccc5C4)C[C@H]2C(=O)N3)cc1. The molecule has 0 bridgehead atoms. The number of sulfonamides is 1. The van der Waals surface area contributed by atoms with Gasteiger partial charge in [-0.3, -0.25) is 19.3 Å². The molecule has 2 aromatic rings. The van der Waals surface area contributed by atoms with Crippen molar-refractivity contribution in [3.05, 3.63) is 71.8 Å². The van der Waals surface area contributed by atoms with Crippen molar-refractivity contribution in [2.75, 3.05) is 13.7 Å². The number of methoxy groups -OCH3 is 1. The first-order chi connectivity index (χ1) is 26.1. The summed E-state index contributed by atoms with van der Waals surface area (Å²) >= 11 is 0. The van der Waals surface area contributed by atoms with Crippen LogP contribution < -0.4 is 20.1 Å². The predicted molar refractivity (Wildman–Crippen MR) is 199 cm³/mol. The lowest BCUT2D eigenvalue weighted by molar-refractivity contribution is -0.141. The molecular formula is C39H49N5O10S. The summed E-state index contributed by atoms with van der Waals surface area (Å²) in [5.41, 5.74) is -0.475. The highest BCUT2D eigenvalue weighted by Crippen LogP contribution is 2.46. The Bertz CT molecular complexity index is 1920. The number of nitrogens with one attached hydrogen (secondary N) is 3. The van der Waals surface area contributed by atoms with Crippen molar-refractivity contribution >= 4 is 39.9 Å². The van der Waals surface area contributed by atoms with E-state index in [-0.39, 0.29) is 30.7 Å². The molecule has 5 atom stereocenters. The molecule has 16 heteroatoms. The van der Waals surface area contributed by atoms with Gasteiger partial charge in [-0.25, -0.2) is 22.7 Å². The normalized spacial score (nSPS) is 25.6. The molecule has 55 heavy (non-hydrogen) atoms. The minimum absolute atomic E-state index is 0.0917. The Morgan fingerprint density at radius 3 is 2.31 bits per heavy atom. The monoisotopic (exact) mass is 779 g/mol. The lowest BCUT2D eigenvalue weighted by atomic mass is 10.0. The number of hydrogen-bond acceptors (Lipinski definition) is 10. The molecule has 15 nitrogen and oxygen atoms in total. The van der Waals surface area contributed by atoms with Crippen LogP contribution in [0.3, 0.4) is 0 Å². The minimum atomic E-state index is -4.35. The van der Waals surface area contributed by atoms with Gasteiger partial charge in [-0.05, 0) is 81.8 Å². The minimum Gasteiger partial charge on any atom is -0.497 e. The Kier molecular flexibility index (Phi) is 11.5. The highest BCUT2D eigenvalue weighted by Gasteiger charge is 2.61. The van der Waals surface area contributed by atoms with Crippen molar-refractivity contribution in [3.8, 4) is 5.75 Å². The van der Waals surface area contributed by atoms with E-state index in [2.05, 4.69) is 15.4 Å². The molecular weight excluding hydrogens is 731 g/mol. The van der Waals surface area contributed by atoms with Crippen LogP contribution in [0.4, 0.5) is 9.59 Å². The van der Waals surface area contributed by atoms with Crippen molar-refractivity contribution in [2.45, 2.75) is 113 Å². The molecule has 4 aliphatic rings. The summed E-state index contributed by atoms with van der Waals surface area (Å²) in [4.78, 5) is 71.7. The number of nitrogens with zero attached hydrogens (tertiary/aromatic N) is 2. The van der Waals surface area contributed by atoms with E-state index < -0.39 is 75.2 Å². The third-order valence-corrected chi connectivity index (χ3v) is 11.6. The molecule has 3 heterocycles. The van der Waals surface area contributed by atoms with Gasteiger partial charge in [0.05, 0.1) is 18.6 Å². The summed E-state index contributed by atoms with van der Waals surface area (Å²) in [6, 6.07) is 10.9. The van der Waals surface area contributed by atoms with E-state index in [0.29, 0.717) is 31.7 Å². The summed E-state index contributed by atoms with van der Waals surface area (Å²) in [6.45, 7) is 5.66. The Morgan fingerprint density at radius 1 is 0.964 bits per heavy atom. The van der Waals surface area contributed by atoms with Crippen LogP contribution in [0.5, 0.6) is 5.75 Å². The van der Waals surface area contributed by atoms with Gasteiger partial charge in [0.15, 0.2) is 0 Å². The maximum Gasteiger partial charge on any atom is 0.410 e. The van der Waals surface area contributed by atoms with Crippen LogP contribution in [0.25, 0.3) is 0 Å². The average Bonchev–Trinajstić information content (AvgIpc) is 3.42. The molecule has 3 N–H and O–H groups in total. The van der Waals surface area contributed by atoms with E-state index in [1.807, 2.05) is 36.4 Å². The molecule has 1 saturated carbocycles. The first-order valence-corrected chi connectivity index (χ1v) is 20.1. The molecule has 2 fully saturated rings. The van der Waals surface area contributed by atoms with Gasteiger partial charge in [0.2, 0.25) is 11.8 Å². The first kappa shape index (κ1) is 39.6. The van der Waals surface area contributed by atoms with Gasteiger partial charge in [0.1, 0.15) is 35.1 Å². The van der Waals surface area contributed by atoms with Crippen LogP contribution in [0, 0.1) is 5.92 Å². The van der Waals surface area contributed by atoms with Gasteiger partial charge < -0.3 is 29.7 Å². The number of rotatable bonds is 6. The number of fused-ring (bicyclic) bond motifs is 3. The average molecular weight is 780 g/mol. The number of carbonyl (C=O) groups is 5. The van der Waals surface area contributed by atoms with Crippen LogP contribution in [-0.4, -0.2) is 91.1 Å². The fraction of sp³-hybridized carbons (Fsp3) is 0.513. The van der Waals surface area contributed by atoms with Crippen LogP contribution in [0.1, 0.15) is 76.8 Å². The molecule has 0 aromatic heterocycles. The van der Waals surface area contributed by atoms with Crippen molar-refractivity contribution in [1.29, 1.82) is 0 Å². The van der Waals surface area contributed by atoms with Crippen LogP contribution in [0.2, 0.25) is 0 Å². The molecule has 1 saturated heterocycles. The molecule has 0 spiro atoms. The maximum atomic E-state index is 14.4. The fourth-order valence-electron chi connectivity index (χ4n) is 7.32. The Hall–Kier alpha value is -5.12. The van der Waals surface area contributed by atoms with Gasteiger partial charge in [-0.15, -0.1) is 0 Å². The van der Waals surface area contributed by atoms with E-state index in [1.165, 1.54) is 36.3 Å². The number of alkyl carbamates (subject to hydrolysis) is 1. The second kappa shape index (κ2) is 15.9. The number of ether oxygens (including phenoxy) is 3. The Labute approximate surface area is 321 Å². The van der Waals surface area contributed by atoms with Gasteiger partial charge in [-0.2, -0.15) is 0 Å². The summed E-state index contributed by atoms with van der Waals surface area (Å²) in [5, 5.41) is 5.50. The Balaban J connectivity index is 1.26. The van der Waals surface area contributed by atoms with Crippen molar-refractivity contribution in [1.82, 2.24) is 25.2 Å². The van der Waals surface area contributed by atoms with E-state index in [9.17, 15) is 32.4 Å². The predicted octanol–water partition coefficient (Wildman–Crippen LogP) is 3.91. The lowest BCUT2D eigenvalue weighted by Crippen LogP contribution is -2.58. The third kappa shape index (κ3) is 9.23. The number of carbonyl (C=O) groups excluding carboxylic acids is 5. The van der Waals surface area contributed by atoms with Gasteiger partial charge in [-0.1, -0.05) is 49.3 Å². The van der Waals surface area contributed by atoms with Gasteiger partial charge in [0, 0.05) is 25.4 Å².